The molecule has 0 atom stereocenters. The van der Waals surface area contributed by atoms with Crippen LogP contribution in [0.2, 0.25) is 0 Å². The van der Waals surface area contributed by atoms with E-state index >= 15 is 0 Å². The van der Waals surface area contributed by atoms with Crippen molar-refractivity contribution in [1.82, 2.24) is 4.57 Å². The monoisotopic (exact) mass is 920 g/mol. The van der Waals surface area contributed by atoms with Gasteiger partial charge in [-0.25, -0.2) is 0 Å². The maximum Gasteiger partial charge on any atom is 0.0555 e. The van der Waals surface area contributed by atoms with Crippen LogP contribution < -0.4 is 4.90 Å². The van der Waals surface area contributed by atoms with Crippen molar-refractivity contribution in [3.63, 3.8) is 0 Å². The minimum Gasteiger partial charge on any atom is -0.310 e. The van der Waals surface area contributed by atoms with Crippen LogP contribution >= 0.6 is 11.3 Å². The number of aromatic nitrogens is 1. The number of hydrogen-bond donors (Lipinski definition) is 0. The summed E-state index contributed by atoms with van der Waals surface area (Å²) >= 11 is 1.89. The Bertz CT molecular complexity index is 4330. The first-order valence-electron chi connectivity index (χ1n) is 24.3. The standard InChI is InChI=1S/C68H44N2S/c1-2-21-53(22-3-1)70-62-28-10-8-24-60(62)66-57(26-14-29-63(66)70)48-35-39-55(40-36-48)69(54-37-33-46(34-38-54)50-19-12-20-51(43-50)52-32-31-45-15-4-5-17-49(45)44-52)64-42-41-59(58-27-13-18-47-16-6-7-23-56(47)58)68-67(64)61-25-9-11-30-65(61)71-68/h1-44H. The average Bonchev–Trinajstić information content (AvgIpc) is 4.01. The maximum atomic E-state index is 2.47. The van der Waals surface area contributed by atoms with Crippen molar-refractivity contribution in [2.24, 2.45) is 0 Å². The van der Waals surface area contributed by atoms with Gasteiger partial charge in [0.1, 0.15) is 0 Å². The second-order valence-electron chi connectivity index (χ2n) is 18.4. The molecule has 71 heavy (non-hydrogen) atoms. The molecule has 2 aromatic heterocycles. The Hall–Kier alpha value is -9.02. The van der Waals surface area contributed by atoms with Gasteiger partial charge in [0.25, 0.3) is 0 Å². The van der Waals surface area contributed by atoms with Crippen LogP contribution in [0.1, 0.15) is 0 Å². The lowest BCUT2D eigenvalue weighted by Gasteiger charge is -2.27. The van der Waals surface area contributed by atoms with Crippen LogP contribution in [0, 0.1) is 0 Å². The van der Waals surface area contributed by atoms with Crippen LogP contribution in [-0.4, -0.2) is 4.57 Å². The van der Waals surface area contributed by atoms with Gasteiger partial charge >= 0.3 is 0 Å². The third kappa shape index (κ3) is 6.93. The van der Waals surface area contributed by atoms with Crippen molar-refractivity contribution in [2.45, 2.75) is 0 Å². The molecule has 2 nitrogen and oxygen atoms in total. The molecular weight excluding hydrogens is 877 g/mol. The number of nitrogens with zero attached hydrogens (tertiary/aromatic N) is 2. The van der Waals surface area contributed by atoms with Gasteiger partial charge in [-0.15, -0.1) is 11.3 Å². The third-order valence-electron chi connectivity index (χ3n) is 14.4. The zero-order valence-corrected chi connectivity index (χ0v) is 39.5. The van der Waals surface area contributed by atoms with Gasteiger partial charge in [0, 0.05) is 53.6 Å². The highest BCUT2D eigenvalue weighted by molar-refractivity contribution is 7.26. The molecule has 0 N–H and O–H groups in total. The summed E-state index contributed by atoms with van der Waals surface area (Å²) in [5, 5.41) is 10.0. The second-order valence-corrected chi connectivity index (χ2v) is 19.5. The smallest absolute Gasteiger partial charge is 0.0555 e. The number of hydrogen-bond acceptors (Lipinski definition) is 2. The summed E-state index contributed by atoms with van der Waals surface area (Å²) in [4.78, 5) is 2.47. The number of thiophene rings is 1. The average molecular weight is 921 g/mol. The lowest BCUT2D eigenvalue weighted by molar-refractivity contribution is 1.18. The van der Waals surface area contributed by atoms with Crippen LogP contribution in [-0.2, 0) is 0 Å². The minimum atomic E-state index is 1.09. The highest BCUT2D eigenvalue weighted by Gasteiger charge is 2.23. The van der Waals surface area contributed by atoms with Crippen LogP contribution in [0.15, 0.2) is 267 Å². The van der Waals surface area contributed by atoms with Gasteiger partial charge in [-0.1, -0.05) is 194 Å². The molecule has 0 unspecified atom stereocenters. The quantitative estimate of drug-likeness (QED) is 0.147. The highest BCUT2D eigenvalue weighted by Crippen LogP contribution is 2.50. The molecule has 0 aliphatic rings. The van der Waals surface area contributed by atoms with Gasteiger partial charge in [-0.3, -0.25) is 0 Å². The Labute approximate surface area is 416 Å². The number of para-hydroxylation sites is 2. The van der Waals surface area contributed by atoms with E-state index in [-0.39, 0.29) is 0 Å². The van der Waals surface area contributed by atoms with Crippen LogP contribution in [0.25, 0.3) is 114 Å². The van der Waals surface area contributed by atoms with E-state index in [1.54, 1.807) is 0 Å². The van der Waals surface area contributed by atoms with Gasteiger partial charge in [0.05, 0.1) is 16.7 Å². The SMILES string of the molecule is c1ccc(-n2c3ccccc3c3c(-c4ccc(N(c5ccc(-c6cccc(-c7ccc8ccccc8c7)c6)cc5)c5ccc(-c6cccc7ccccc67)c6sc7ccccc7c56)cc4)cccc32)cc1. The van der Waals surface area contributed by atoms with Gasteiger partial charge in [-0.2, -0.15) is 0 Å². The Kier molecular flexibility index (Phi) is 9.75. The highest BCUT2D eigenvalue weighted by atomic mass is 32.1. The van der Waals surface area contributed by atoms with E-state index in [0.717, 1.165) is 22.7 Å². The summed E-state index contributed by atoms with van der Waals surface area (Å²) in [7, 11) is 0. The first-order valence-corrected chi connectivity index (χ1v) is 25.1. The van der Waals surface area contributed by atoms with Crippen molar-refractivity contribution in [3.05, 3.63) is 267 Å². The van der Waals surface area contributed by atoms with Crippen molar-refractivity contribution < 1.29 is 0 Å². The largest absolute Gasteiger partial charge is 0.310 e. The lowest BCUT2D eigenvalue weighted by atomic mass is 9.95. The van der Waals surface area contributed by atoms with E-state index in [2.05, 4.69) is 276 Å². The van der Waals surface area contributed by atoms with E-state index in [1.807, 2.05) is 11.3 Å². The Morgan fingerprint density at radius 3 is 1.70 bits per heavy atom. The topological polar surface area (TPSA) is 8.17 Å². The molecule has 0 radical (unpaired) electrons. The second kappa shape index (κ2) is 16.9. The zero-order valence-electron chi connectivity index (χ0n) is 38.7. The summed E-state index contributed by atoms with van der Waals surface area (Å²) in [5.74, 6) is 0. The predicted octanol–water partition coefficient (Wildman–Crippen LogP) is 19.6. The van der Waals surface area contributed by atoms with Crippen LogP contribution in [0.4, 0.5) is 17.1 Å². The molecule has 12 aromatic carbocycles. The normalized spacial score (nSPS) is 11.7. The Balaban J connectivity index is 0.932. The molecule has 0 fully saturated rings. The van der Waals surface area contributed by atoms with Crippen LogP contribution in [0.3, 0.4) is 0 Å². The number of anilines is 3. The fourth-order valence-corrected chi connectivity index (χ4v) is 12.3. The maximum absolute atomic E-state index is 2.47. The predicted molar refractivity (Wildman–Crippen MR) is 305 cm³/mol. The van der Waals surface area contributed by atoms with E-state index in [0.29, 0.717) is 0 Å². The fourth-order valence-electron chi connectivity index (χ4n) is 11.1. The van der Waals surface area contributed by atoms with Gasteiger partial charge in [0.2, 0.25) is 0 Å². The minimum absolute atomic E-state index is 1.09. The van der Waals surface area contributed by atoms with Gasteiger partial charge in [0.15, 0.2) is 0 Å². The molecule has 0 aliphatic carbocycles. The molecule has 0 spiro atoms. The van der Waals surface area contributed by atoms with E-state index in [4.69, 9.17) is 0 Å². The first-order chi connectivity index (χ1) is 35.2. The molecule has 0 amide bonds. The number of fused-ring (bicyclic) bond motifs is 8. The van der Waals surface area contributed by atoms with Crippen molar-refractivity contribution in [3.8, 4) is 50.2 Å². The molecule has 14 rings (SSSR count). The summed E-state index contributed by atoms with van der Waals surface area (Å²) in [6, 6.07) is 98.0. The first kappa shape index (κ1) is 41.0. The molecule has 3 heteroatoms. The fraction of sp³-hybridized carbons (Fsp3) is 0. The third-order valence-corrected chi connectivity index (χ3v) is 15.6. The molecule has 14 aromatic rings. The molecule has 2 heterocycles. The van der Waals surface area contributed by atoms with E-state index < -0.39 is 0 Å². The lowest BCUT2D eigenvalue weighted by Crippen LogP contribution is -2.10. The molecule has 0 bridgehead atoms. The van der Waals surface area contributed by atoms with E-state index in [1.165, 1.54) is 108 Å². The molecule has 0 aliphatic heterocycles. The number of rotatable bonds is 8. The summed E-state index contributed by atoms with van der Waals surface area (Å²) in [6.45, 7) is 0. The summed E-state index contributed by atoms with van der Waals surface area (Å²) in [5.41, 5.74) is 16.6. The van der Waals surface area contributed by atoms with Crippen molar-refractivity contribution >= 4 is 91.9 Å². The van der Waals surface area contributed by atoms with Crippen LogP contribution in [0.5, 0.6) is 0 Å². The van der Waals surface area contributed by atoms with E-state index in [9.17, 15) is 0 Å². The Morgan fingerprint density at radius 2 is 0.887 bits per heavy atom. The summed E-state index contributed by atoms with van der Waals surface area (Å²) in [6.07, 6.45) is 0. The van der Waals surface area contributed by atoms with Gasteiger partial charge in [-0.05, 0) is 133 Å². The van der Waals surface area contributed by atoms with Crippen molar-refractivity contribution in [2.75, 3.05) is 4.90 Å². The molecule has 332 valence electrons. The summed E-state index contributed by atoms with van der Waals surface area (Å²) < 4.78 is 4.95. The zero-order chi connectivity index (χ0) is 46.8. The molecular formula is C68H44N2S. The number of benzene rings is 12. The van der Waals surface area contributed by atoms with Gasteiger partial charge < -0.3 is 9.47 Å². The van der Waals surface area contributed by atoms with Crippen molar-refractivity contribution in [1.29, 1.82) is 0 Å². The Morgan fingerprint density at radius 1 is 0.310 bits per heavy atom. The molecule has 0 saturated heterocycles. The molecule has 0 saturated carbocycles.